The zero-order chi connectivity index (χ0) is 17.1. The van der Waals surface area contributed by atoms with Crippen molar-refractivity contribution in [3.05, 3.63) is 59.2 Å². The number of carbonyl (C=O) groups excluding carboxylic acids is 1. The molecule has 2 aromatic carbocycles. The monoisotopic (exact) mass is 327 g/mol. The molecule has 0 saturated carbocycles. The van der Waals surface area contributed by atoms with Crippen LogP contribution in [0, 0.1) is 0 Å². The van der Waals surface area contributed by atoms with Crippen molar-refractivity contribution in [3.63, 3.8) is 0 Å². The smallest absolute Gasteiger partial charge is 0.339 e. The Morgan fingerprint density at radius 3 is 2.79 bits per heavy atom. The SMILES string of the molecule is COc1cc(CNC(=O)C2Cc3ccccc3O2)ccc1C(=O)O. The van der Waals surface area contributed by atoms with Crippen molar-refractivity contribution in [3.8, 4) is 11.5 Å². The fraction of sp³-hybridized carbons (Fsp3) is 0.222. The summed E-state index contributed by atoms with van der Waals surface area (Å²) in [6, 6.07) is 12.3. The average Bonchev–Trinajstić information content (AvgIpc) is 3.03. The summed E-state index contributed by atoms with van der Waals surface area (Å²) in [5, 5.41) is 11.9. The fourth-order valence-electron chi connectivity index (χ4n) is 2.65. The summed E-state index contributed by atoms with van der Waals surface area (Å²) >= 11 is 0. The second-order valence-corrected chi connectivity index (χ2v) is 5.48. The maximum Gasteiger partial charge on any atom is 0.339 e. The third kappa shape index (κ3) is 3.17. The highest BCUT2D eigenvalue weighted by Crippen LogP contribution is 2.28. The first-order chi connectivity index (χ1) is 11.6. The standard InChI is InChI=1S/C18H17NO5/c1-23-15-8-11(6-7-13(15)18(21)22)10-19-17(20)16-9-12-4-2-3-5-14(12)24-16/h2-8,16H,9-10H2,1H3,(H,19,20)(H,21,22). The predicted octanol–water partition coefficient (Wildman–Crippen LogP) is 2.01. The summed E-state index contributed by atoms with van der Waals surface area (Å²) in [5.41, 5.74) is 1.85. The number of carboxylic acid groups (broad SMARTS) is 1. The molecule has 0 aliphatic carbocycles. The van der Waals surface area contributed by atoms with E-state index in [9.17, 15) is 9.59 Å². The molecule has 0 radical (unpaired) electrons. The van der Waals surface area contributed by atoms with Crippen molar-refractivity contribution < 1.29 is 24.2 Å². The molecule has 0 saturated heterocycles. The third-order valence-electron chi connectivity index (χ3n) is 3.90. The summed E-state index contributed by atoms with van der Waals surface area (Å²) in [6.45, 7) is 0.269. The third-order valence-corrected chi connectivity index (χ3v) is 3.90. The van der Waals surface area contributed by atoms with Gasteiger partial charge in [0.25, 0.3) is 5.91 Å². The van der Waals surface area contributed by atoms with Crippen molar-refractivity contribution in [1.82, 2.24) is 5.32 Å². The van der Waals surface area contributed by atoms with Crippen LogP contribution in [0.4, 0.5) is 0 Å². The number of benzene rings is 2. The number of nitrogens with one attached hydrogen (secondary N) is 1. The second-order valence-electron chi connectivity index (χ2n) is 5.48. The van der Waals surface area contributed by atoms with Crippen LogP contribution < -0.4 is 14.8 Å². The molecular weight excluding hydrogens is 310 g/mol. The summed E-state index contributed by atoms with van der Waals surface area (Å²) in [4.78, 5) is 23.3. The molecule has 1 atom stereocenters. The van der Waals surface area contributed by atoms with Crippen molar-refractivity contribution >= 4 is 11.9 Å². The van der Waals surface area contributed by atoms with Crippen molar-refractivity contribution in [2.75, 3.05) is 7.11 Å². The topological polar surface area (TPSA) is 84.9 Å². The number of aromatic carboxylic acids is 1. The average molecular weight is 327 g/mol. The van der Waals surface area contributed by atoms with Gasteiger partial charge in [-0.15, -0.1) is 0 Å². The molecule has 24 heavy (non-hydrogen) atoms. The molecule has 0 spiro atoms. The van der Waals surface area contributed by atoms with E-state index < -0.39 is 12.1 Å². The lowest BCUT2D eigenvalue weighted by Gasteiger charge is -2.12. The van der Waals surface area contributed by atoms with Gasteiger partial charge in [0.1, 0.15) is 17.1 Å². The molecule has 1 aliphatic heterocycles. The quantitative estimate of drug-likeness (QED) is 0.877. The Morgan fingerprint density at radius 2 is 2.08 bits per heavy atom. The van der Waals surface area contributed by atoms with E-state index in [1.165, 1.54) is 13.2 Å². The molecule has 1 heterocycles. The first-order valence-electron chi connectivity index (χ1n) is 7.51. The highest BCUT2D eigenvalue weighted by Gasteiger charge is 2.28. The Kier molecular flexibility index (Phi) is 4.37. The fourth-order valence-corrected chi connectivity index (χ4v) is 2.65. The maximum atomic E-state index is 12.3. The van der Waals surface area contributed by atoms with E-state index in [0.717, 1.165) is 16.9 Å². The molecule has 124 valence electrons. The number of rotatable bonds is 5. The summed E-state index contributed by atoms with van der Waals surface area (Å²) in [7, 11) is 1.41. The summed E-state index contributed by atoms with van der Waals surface area (Å²) in [5.74, 6) is -0.254. The van der Waals surface area contributed by atoms with Crippen LogP contribution in [0.2, 0.25) is 0 Å². The van der Waals surface area contributed by atoms with Gasteiger partial charge in [0.15, 0.2) is 6.10 Å². The zero-order valence-corrected chi connectivity index (χ0v) is 13.1. The van der Waals surface area contributed by atoms with Crippen LogP contribution in [-0.4, -0.2) is 30.2 Å². The number of methoxy groups -OCH3 is 1. The van der Waals surface area contributed by atoms with E-state index in [1.807, 2.05) is 24.3 Å². The van der Waals surface area contributed by atoms with Crippen LogP contribution in [0.5, 0.6) is 11.5 Å². The van der Waals surface area contributed by atoms with Gasteiger partial charge in [0.2, 0.25) is 0 Å². The van der Waals surface area contributed by atoms with Gasteiger partial charge in [-0.25, -0.2) is 4.79 Å². The number of ether oxygens (including phenoxy) is 2. The minimum Gasteiger partial charge on any atom is -0.496 e. The molecule has 3 rings (SSSR count). The molecule has 0 bridgehead atoms. The summed E-state index contributed by atoms with van der Waals surface area (Å²) in [6.07, 6.45) is 0.00565. The lowest BCUT2D eigenvalue weighted by atomic mass is 10.1. The van der Waals surface area contributed by atoms with Gasteiger partial charge >= 0.3 is 5.97 Å². The molecule has 1 aliphatic rings. The Bertz CT molecular complexity index is 762. The second kappa shape index (κ2) is 6.62. The van der Waals surface area contributed by atoms with Crippen molar-refractivity contribution in [2.24, 2.45) is 0 Å². The van der Waals surface area contributed by atoms with Gasteiger partial charge in [-0.1, -0.05) is 24.3 Å². The van der Waals surface area contributed by atoms with Crippen molar-refractivity contribution in [1.29, 1.82) is 0 Å². The lowest BCUT2D eigenvalue weighted by molar-refractivity contribution is -0.127. The van der Waals surface area contributed by atoms with Crippen LogP contribution in [0.15, 0.2) is 42.5 Å². The number of fused-ring (bicyclic) bond motifs is 1. The van der Waals surface area contributed by atoms with Gasteiger partial charge < -0.3 is 19.9 Å². The Morgan fingerprint density at radius 1 is 1.29 bits per heavy atom. The summed E-state index contributed by atoms with van der Waals surface area (Å²) < 4.78 is 10.7. The van der Waals surface area contributed by atoms with Gasteiger partial charge in [-0.3, -0.25) is 4.79 Å². The van der Waals surface area contributed by atoms with E-state index >= 15 is 0 Å². The maximum absolute atomic E-state index is 12.3. The molecule has 2 N–H and O–H groups in total. The first kappa shape index (κ1) is 15.9. The molecule has 6 nitrogen and oxygen atoms in total. The molecular formula is C18H17NO5. The van der Waals surface area contributed by atoms with E-state index in [2.05, 4.69) is 5.32 Å². The Balaban J connectivity index is 1.62. The Hall–Kier alpha value is -3.02. The van der Waals surface area contributed by atoms with Gasteiger partial charge in [-0.05, 0) is 29.3 Å². The van der Waals surface area contributed by atoms with Crippen molar-refractivity contribution in [2.45, 2.75) is 19.1 Å². The van der Waals surface area contributed by atoms with Gasteiger partial charge in [-0.2, -0.15) is 0 Å². The first-order valence-corrected chi connectivity index (χ1v) is 7.51. The number of hydrogen-bond donors (Lipinski definition) is 2. The molecule has 0 fully saturated rings. The molecule has 6 heteroatoms. The largest absolute Gasteiger partial charge is 0.496 e. The van der Waals surface area contributed by atoms with Gasteiger partial charge in [0, 0.05) is 13.0 Å². The van der Waals surface area contributed by atoms with Gasteiger partial charge in [0.05, 0.1) is 7.11 Å². The molecule has 1 amide bonds. The van der Waals surface area contributed by atoms with E-state index in [1.54, 1.807) is 12.1 Å². The molecule has 0 aromatic heterocycles. The van der Waals surface area contributed by atoms with Crippen LogP contribution in [0.1, 0.15) is 21.5 Å². The number of para-hydroxylation sites is 1. The number of carboxylic acids is 1. The minimum atomic E-state index is -1.06. The van der Waals surface area contributed by atoms with E-state index in [4.69, 9.17) is 14.6 Å². The number of hydrogen-bond acceptors (Lipinski definition) is 4. The van der Waals surface area contributed by atoms with Crippen LogP contribution in [0.3, 0.4) is 0 Å². The Labute approximate surface area is 139 Å². The predicted molar refractivity (Wildman–Crippen MR) is 86.4 cm³/mol. The molecule has 1 unspecified atom stereocenters. The van der Waals surface area contributed by atoms with Crippen LogP contribution in [0.25, 0.3) is 0 Å². The minimum absolute atomic E-state index is 0.0853. The van der Waals surface area contributed by atoms with E-state index in [-0.39, 0.29) is 23.8 Å². The number of amides is 1. The zero-order valence-electron chi connectivity index (χ0n) is 13.1. The highest BCUT2D eigenvalue weighted by atomic mass is 16.5. The normalized spacial score (nSPS) is 15.3. The van der Waals surface area contributed by atoms with E-state index in [0.29, 0.717) is 6.42 Å². The highest BCUT2D eigenvalue weighted by molar-refractivity contribution is 5.91. The molecule has 2 aromatic rings. The lowest BCUT2D eigenvalue weighted by Crippen LogP contribution is -2.37. The number of carbonyl (C=O) groups is 2. The van der Waals surface area contributed by atoms with Crippen LogP contribution >= 0.6 is 0 Å². The van der Waals surface area contributed by atoms with Crippen LogP contribution in [-0.2, 0) is 17.8 Å².